The molecule has 0 saturated heterocycles. The molecule has 2 aromatic rings. The van der Waals surface area contributed by atoms with Crippen LogP contribution in [0.3, 0.4) is 0 Å². The third kappa shape index (κ3) is 3.18. The van der Waals surface area contributed by atoms with E-state index in [1.807, 2.05) is 0 Å². The molecule has 0 aliphatic heterocycles. The highest BCUT2D eigenvalue weighted by Crippen LogP contribution is 2.26. The minimum absolute atomic E-state index is 0.0844. The van der Waals surface area contributed by atoms with Crippen molar-refractivity contribution in [1.29, 1.82) is 0 Å². The number of hydrogen-bond acceptors (Lipinski definition) is 5. The summed E-state index contributed by atoms with van der Waals surface area (Å²) in [6.45, 7) is 0. The number of carboxylic acid groups (broad SMARTS) is 1. The minimum Gasteiger partial charge on any atom is -0.478 e. The van der Waals surface area contributed by atoms with Gasteiger partial charge in [0.25, 0.3) is 11.6 Å². The topological polar surface area (TPSA) is 122 Å². The summed E-state index contributed by atoms with van der Waals surface area (Å²) in [6.07, 6.45) is 2.80. The van der Waals surface area contributed by atoms with Crippen molar-refractivity contribution >= 4 is 23.3 Å². The highest BCUT2D eigenvalue weighted by atomic mass is 16.6. The number of carbonyl (C=O) groups is 2. The molecule has 0 radical (unpaired) electrons. The van der Waals surface area contributed by atoms with Crippen molar-refractivity contribution in [3.05, 3.63) is 64.0 Å². The van der Waals surface area contributed by atoms with Gasteiger partial charge in [-0.05, 0) is 24.3 Å². The zero-order chi connectivity index (χ0) is 15.4. The number of rotatable bonds is 4. The Morgan fingerprint density at radius 3 is 2.57 bits per heavy atom. The number of aromatic carboxylic acids is 1. The Balaban J connectivity index is 2.34. The number of nitro benzene ring substituents is 1. The molecular formula is C13H9N3O5. The molecule has 2 rings (SSSR count). The number of aromatic nitrogens is 1. The van der Waals surface area contributed by atoms with Crippen molar-refractivity contribution in [2.24, 2.45) is 0 Å². The Labute approximate surface area is 118 Å². The average molecular weight is 287 g/mol. The van der Waals surface area contributed by atoms with Gasteiger partial charge in [0.1, 0.15) is 5.69 Å². The van der Waals surface area contributed by atoms with Crippen molar-refractivity contribution in [3.63, 3.8) is 0 Å². The van der Waals surface area contributed by atoms with E-state index in [2.05, 4.69) is 10.3 Å². The van der Waals surface area contributed by atoms with Crippen molar-refractivity contribution in [2.75, 3.05) is 5.32 Å². The predicted octanol–water partition coefficient (Wildman–Crippen LogP) is 1.94. The number of benzene rings is 1. The number of pyridine rings is 1. The van der Waals surface area contributed by atoms with E-state index in [-0.39, 0.29) is 16.8 Å². The molecule has 0 spiro atoms. The third-order valence-electron chi connectivity index (χ3n) is 2.61. The van der Waals surface area contributed by atoms with Crippen LogP contribution in [-0.4, -0.2) is 26.9 Å². The lowest BCUT2D eigenvalue weighted by Crippen LogP contribution is -2.13. The number of carboxylic acids is 1. The third-order valence-corrected chi connectivity index (χ3v) is 2.61. The second kappa shape index (κ2) is 5.78. The lowest BCUT2D eigenvalue weighted by atomic mass is 10.1. The summed E-state index contributed by atoms with van der Waals surface area (Å²) in [5.41, 5.74) is -0.582. The Bertz CT molecular complexity index is 715. The lowest BCUT2D eigenvalue weighted by Gasteiger charge is -2.06. The molecule has 0 aliphatic carbocycles. The zero-order valence-electron chi connectivity index (χ0n) is 10.5. The number of nitro groups is 1. The summed E-state index contributed by atoms with van der Waals surface area (Å²) < 4.78 is 0. The fourth-order valence-electron chi connectivity index (χ4n) is 1.61. The molecule has 1 amide bonds. The van der Waals surface area contributed by atoms with Gasteiger partial charge < -0.3 is 10.4 Å². The van der Waals surface area contributed by atoms with Crippen LogP contribution in [0.4, 0.5) is 11.4 Å². The fourth-order valence-corrected chi connectivity index (χ4v) is 1.61. The van der Waals surface area contributed by atoms with Gasteiger partial charge in [-0.1, -0.05) is 0 Å². The van der Waals surface area contributed by atoms with Crippen molar-refractivity contribution in [2.45, 2.75) is 0 Å². The Morgan fingerprint density at radius 2 is 2.00 bits per heavy atom. The first-order valence-electron chi connectivity index (χ1n) is 5.72. The van der Waals surface area contributed by atoms with E-state index in [4.69, 9.17) is 5.11 Å². The maximum atomic E-state index is 11.9. The average Bonchev–Trinajstić information content (AvgIpc) is 2.48. The molecule has 2 N–H and O–H groups in total. The fraction of sp³-hybridized carbons (Fsp3) is 0. The van der Waals surface area contributed by atoms with Gasteiger partial charge in [-0.15, -0.1) is 0 Å². The first-order chi connectivity index (χ1) is 9.99. The number of amides is 1. The summed E-state index contributed by atoms with van der Waals surface area (Å²) in [5, 5.41) is 22.1. The van der Waals surface area contributed by atoms with Crippen LogP contribution in [0.1, 0.15) is 20.7 Å². The molecule has 21 heavy (non-hydrogen) atoms. The number of nitrogens with one attached hydrogen (secondary N) is 1. The van der Waals surface area contributed by atoms with Crippen molar-refractivity contribution in [1.82, 2.24) is 4.98 Å². The summed E-state index contributed by atoms with van der Waals surface area (Å²) in [5.74, 6) is -1.86. The summed E-state index contributed by atoms with van der Waals surface area (Å²) in [4.78, 5) is 36.7. The van der Waals surface area contributed by atoms with Gasteiger partial charge in [-0.2, -0.15) is 0 Å². The van der Waals surface area contributed by atoms with Crippen LogP contribution in [0, 0.1) is 10.1 Å². The van der Waals surface area contributed by atoms with Gasteiger partial charge in [0.2, 0.25) is 0 Å². The van der Waals surface area contributed by atoms with Crippen LogP contribution in [0.15, 0.2) is 42.7 Å². The molecule has 1 aromatic heterocycles. The van der Waals surface area contributed by atoms with E-state index in [1.54, 1.807) is 6.07 Å². The van der Waals surface area contributed by atoms with Crippen LogP contribution in [-0.2, 0) is 0 Å². The summed E-state index contributed by atoms with van der Waals surface area (Å²) in [6, 6.07) is 6.29. The van der Waals surface area contributed by atoms with Crippen LogP contribution in [0.5, 0.6) is 0 Å². The second-order valence-electron chi connectivity index (χ2n) is 3.99. The van der Waals surface area contributed by atoms with Crippen molar-refractivity contribution < 1.29 is 19.6 Å². The molecule has 0 fully saturated rings. The Morgan fingerprint density at radius 1 is 1.24 bits per heavy atom. The SMILES string of the molecule is O=C(O)c1ccc(NC(=O)c2cccnc2)c([N+](=O)[O-])c1. The van der Waals surface area contributed by atoms with E-state index in [9.17, 15) is 19.7 Å². The first kappa shape index (κ1) is 14.1. The normalized spacial score (nSPS) is 9.90. The number of nitrogens with zero attached hydrogens (tertiary/aromatic N) is 2. The molecule has 0 saturated carbocycles. The molecule has 0 unspecified atom stereocenters. The van der Waals surface area contributed by atoms with Gasteiger partial charge in [-0.25, -0.2) is 4.79 Å². The molecule has 1 aromatic carbocycles. The Kier molecular flexibility index (Phi) is 3.89. The maximum absolute atomic E-state index is 11.9. The lowest BCUT2D eigenvalue weighted by molar-refractivity contribution is -0.383. The molecule has 106 valence electrons. The maximum Gasteiger partial charge on any atom is 0.335 e. The van der Waals surface area contributed by atoms with Crippen molar-refractivity contribution in [3.8, 4) is 0 Å². The van der Waals surface area contributed by atoms with Gasteiger partial charge in [0.05, 0.1) is 16.1 Å². The van der Waals surface area contributed by atoms with E-state index >= 15 is 0 Å². The van der Waals surface area contributed by atoms with Crippen LogP contribution >= 0.6 is 0 Å². The number of anilines is 1. The second-order valence-corrected chi connectivity index (χ2v) is 3.99. The van der Waals surface area contributed by atoms with Gasteiger partial charge in [0.15, 0.2) is 0 Å². The molecule has 1 heterocycles. The quantitative estimate of drug-likeness (QED) is 0.654. The highest BCUT2D eigenvalue weighted by Gasteiger charge is 2.19. The monoisotopic (exact) mass is 287 g/mol. The van der Waals surface area contributed by atoms with E-state index < -0.39 is 22.5 Å². The van der Waals surface area contributed by atoms with Crippen LogP contribution in [0.25, 0.3) is 0 Å². The Hall–Kier alpha value is -3.29. The molecule has 8 heteroatoms. The smallest absolute Gasteiger partial charge is 0.335 e. The molecular weight excluding hydrogens is 278 g/mol. The first-order valence-corrected chi connectivity index (χ1v) is 5.72. The predicted molar refractivity (Wildman–Crippen MR) is 72.2 cm³/mol. The van der Waals surface area contributed by atoms with Gasteiger partial charge in [-0.3, -0.25) is 19.9 Å². The number of hydrogen-bond donors (Lipinski definition) is 2. The highest BCUT2D eigenvalue weighted by molar-refractivity contribution is 6.05. The summed E-state index contributed by atoms with van der Waals surface area (Å²) in [7, 11) is 0. The van der Waals surface area contributed by atoms with E-state index in [0.29, 0.717) is 0 Å². The van der Waals surface area contributed by atoms with Crippen LogP contribution < -0.4 is 5.32 Å². The molecule has 8 nitrogen and oxygen atoms in total. The molecule has 0 bridgehead atoms. The zero-order valence-corrected chi connectivity index (χ0v) is 10.5. The molecule has 0 atom stereocenters. The largest absolute Gasteiger partial charge is 0.478 e. The van der Waals surface area contributed by atoms with E-state index in [1.165, 1.54) is 30.6 Å². The van der Waals surface area contributed by atoms with Gasteiger partial charge in [0, 0.05) is 18.5 Å². The standard InChI is InChI=1S/C13H9N3O5/c17-12(9-2-1-5-14-7-9)15-10-4-3-8(13(18)19)6-11(10)16(20)21/h1-7H,(H,15,17)(H,18,19). The van der Waals surface area contributed by atoms with E-state index in [0.717, 1.165) is 6.07 Å². The van der Waals surface area contributed by atoms with Crippen LogP contribution in [0.2, 0.25) is 0 Å². The number of carbonyl (C=O) groups excluding carboxylic acids is 1. The van der Waals surface area contributed by atoms with Gasteiger partial charge >= 0.3 is 5.97 Å². The molecule has 0 aliphatic rings. The summed E-state index contributed by atoms with van der Waals surface area (Å²) >= 11 is 0. The minimum atomic E-state index is -1.29.